The van der Waals surface area contributed by atoms with Crippen molar-refractivity contribution in [3.05, 3.63) is 57.0 Å². The third-order valence-electron chi connectivity index (χ3n) is 2.79. The SMILES string of the molecule is O=C(Nc1ccc(Cl)c2ncsc12)c1ccc(Br)cc1. The molecule has 0 fully saturated rings. The molecule has 20 heavy (non-hydrogen) atoms. The van der Waals surface area contributed by atoms with Gasteiger partial charge in [-0.25, -0.2) is 4.98 Å². The normalized spacial score (nSPS) is 10.7. The number of halogens is 2. The second-order valence-corrected chi connectivity index (χ2v) is 6.26. The zero-order valence-corrected chi connectivity index (χ0v) is 13.2. The summed E-state index contributed by atoms with van der Waals surface area (Å²) in [5.74, 6) is -0.158. The molecular weight excluding hydrogens is 360 g/mol. The summed E-state index contributed by atoms with van der Waals surface area (Å²) < 4.78 is 1.81. The molecule has 0 radical (unpaired) electrons. The van der Waals surface area contributed by atoms with E-state index in [9.17, 15) is 4.79 Å². The molecule has 0 atom stereocenters. The largest absolute Gasteiger partial charge is 0.321 e. The van der Waals surface area contributed by atoms with Crippen LogP contribution < -0.4 is 5.32 Å². The predicted octanol–water partition coefficient (Wildman–Crippen LogP) is 4.96. The van der Waals surface area contributed by atoms with Crippen molar-refractivity contribution in [2.45, 2.75) is 0 Å². The Morgan fingerprint density at radius 1 is 1.20 bits per heavy atom. The van der Waals surface area contributed by atoms with Gasteiger partial charge in [-0.1, -0.05) is 27.5 Å². The Kier molecular flexibility index (Phi) is 3.74. The number of fused-ring (bicyclic) bond motifs is 1. The Labute approximate surface area is 132 Å². The number of benzene rings is 2. The number of nitrogens with one attached hydrogen (secondary N) is 1. The van der Waals surface area contributed by atoms with Gasteiger partial charge in [-0.05, 0) is 36.4 Å². The van der Waals surface area contributed by atoms with Crippen LogP contribution in [0, 0.1) is 0 Å². The average Bonchev–Trinajstić information content (AvgIpc) is 2.93. The minimum absolute atomic E-state index is 0.158. The number of nitrogens with zero attached hydrogens (tertiary/aromatic N) is 1. The Balaban J connectivity index is 1.93. The smallest absolute Gasteiger partial charge is 0.255 e. The highest BCUT2D eigenvalue weighted by atomic mass is 79.9. The number of thiazole rings is 1. The molecule has 0 aliphatic rings. The van der Waals surface area contributed by atoms with E-state index in [0.717, 1.165) is 14.9 Å². The lowest BCUT2D eigenvalue weighted by atomic mass is 10.2. The van der Waals surface area contributed by atoms with E-state index in [1.54, 1.807) is 29.8 Å². The van der Waals surface area contributed by atoms with Crippen LogP contribution in [0.2, 0.25) is 5.02 Å². The fourth-order valence-electron chi connectivity index (χ4n) is 1.81. The minimum atomic E-state index is -0.158. The van der Waals surface area contributed by atoms with E-state index in [2.05, 4.69) is 26.2 Å². The summed E-state index contributed by atoms with van der Waals surface area (Å²) in [6.07, 6.45) is 0. The van der Waals surface area contributed by atoms with Crippen LogP contribution in [0.25, 0.3) is 10.2 Å². The first-order valence-electron chi connectivity index (χ1n) is 5.74. The summed E-state index contributed by atoms with van der Waals surface area (Å²) >= 11 is 10.9. The van der Waals surface area contributed by atoms with Crippen LogP contribution in [0.3, 0.4) is 0 Å². The average molecular weight is 368 g/mol. The fraction of sp³-hybridized carbons (Fsp3) is 0. The summed E-state index contributed by atoms with van der Waals surface area (Å²) in [5.41, 5.74) is 3.75. The van der Waals surface area contributed by atoms with Gasteiger partial charge in [0.1, 0.15) is 5.52 Å². The maximum atomic E-state index is 12.2. The molecule has 1 amide bonds. The lowest BCUT2D eigenvalue weighted by Crippen LogP contribution is -2.11. The van der Waals surface area contributed by atoms with Gasteiger partial charge >= 0.3 is 0 Å². The van der Waals surface area contributed by atoms with Gasteiger partial charge in [0.05, 0.1) is 20.9 Å². The predicted molar refractivity (Wildman–Crippen MR) is 86.7 cm³/mol. The molecule has 3 nitrogen and oxygen atoms in total. The summed E-state index contributed by atoms with van der Waals surface area (Å²) in [6.45, 7) is 0. The van der Waals surface area contributed by atoms with Crippen molar-refractivity contribution in [2.75, 3.05) is 5.32 Å². The molecule has 2 aromatic carbocycles. The highest BCUT2D eigenvalue weighted by Gasteiger charge is 2.11. The molecule has 100 valence electrons. The summed E-state index contributed by atoms with van der Waals surface area (Å²) in [5, 5.41) is 3.48. The van der Waals surface area contributed by atoms with E-state index in [1.807, 2.05) is 12.1 Å². The number of aromatic nitrogens is 1. The quantitative estimate of drug-likeness (QED) is 0.695. The van der Waals surface area contributed by atoms with E-state index < -0.39 is 0 Å². The maximum absolute atomic E-state index is 12.2. The molecule has 1 N–H and O–H groups in total. The van der Waals surface area contributed by atoms with Crippen molar-refractivity contribution in [3.63, 3.8) is 0 Å². The first-order valence-corrected chi connectivity index (χ1v) is 7.79. The number of carbonyl (C=O) groups excluding carboxylic acids is 1. The van der Waals surface area contributed by atoms with Crippen LogP contribution in [0.15, 0.2) is 46.4 Å². The van der Waals surface area contributed by atoms with Gasteiger partial charge in [-0.15, -0.1) is 11.3 Å². The van der Waals surface area contributed by atoms with E-state index in [-0.39, 0.29) is 5.91 Å². The van der Waals surface area contributed by atoms with Gasteiger partial charge in [0.25, 0.3) is 5.91 Å². The van der Waals surface area contributed by atoms with Gasteiger partial charge in [0.2, 0.25) is 0 Å². The Bertz CT molecular complexity index is 785. The van der Waals surface area contributed by atoms with Gasteiger partial charge in [-0.2, -0.15) is 0 Å². The van der Waals surface area contributed by atoms with Crippen LogP contribution in [-0.4, -0.2) is 10.9 Å². The van der Waals surface area contributed by atoms with E-state index in [0.29, 0.717) is 16.1 Å². The summed E-state index contributed by atoms with van der Waals surface area (Å²) in [6, 6.07) is 10.7. The molecule has 0 spiro atoms. The lowest BCUT2D eigenvalue weighted by Gasteiger charge is -2.07. The minimum Gasteiger partial charge on any atom is -0.321 e. The summed E-state index contributed by atoms with van der Waals surface area (Å²) in [4.78, 5) is 16.4. The molecule has 0 bridgehead atoms. The van der Waals surface area contributed by atoms with Crippen molar-refractivity contribution in [1.29, 1.82) is 0 Å². The molecule has 1 aromatic heterocycles. The monoisotopic (exact) mass is 366 g/mol. The van der Waals surface area contributed by atoms with Gasteiger partial charge < -0.3 is 5.32 Å². The van der Waals surface area contributed by atoms with Crippen LogP contribution >= 0.6 is 38.9 Å². The Morgan fingerprint density at radius 2 is 1.95 bits per heavy atom. The Morgan fingerprint density at radius 3 is 2.70 bits per heavy atom. The molecule has 0 aliphatic heterocycles. The standard InChI is InChI=1S/C14H8BrClN2OS/c15-9-3-1-8(2-4-9)14(19)18-11-6-5-10(16)12-13(11)20-7-17-12/h1-7H,(H,18,19). The first kappa shape index (κ1) is 13.5. The van der Waals surface area contributed by atoms with Gasteiger partial charge in [0.15, 0.2) is 0 Å². The van der Waals surface area contributed by atoms with Crippen molar-refractivity contribution in [1.82, 2.24) is 4.98 Å². The van der Waals surface area contributed by atoms with E-state index in [4.69, 9.17) is 11.6 Å². The maximum Gasteiger partial charge on any atom is 0.255 e. The second-order valence-electron chi connectivity index (χ2n) is 4.09. The number of anilines is 1. The van der Waals surface area contributed by atoms with Crippen LogP contribution in [-0.2, 0) is 0 Å². The number of rotatable bonds is 2. The molecule has 1 heterocycles. The van der Waals surface area contributed by atoms with Crippen molar-refractivity contribution in [3.8, 4) is 0 Å². The number of amides is 1. The van der Waals surface area contributed by atoms with E-state index >= 15 is 0 Å². The molecule has 0 saturated carbocycles. The Hall–Kier alpha value is -1.43. The fourth-order valence-corrected chi connectivity index (χ4v) is 3.12. The third-order valence-corrected chi connectivity index (χ3v) is 4.48. The van der Waals surface area contributed by atoms with Crippen LogP contribution in [0.4, 0.5) is 5.69 Å². The van der Waals surface area contributed by atoms with Gasteiger partial charge in [-0.3, -0.25) is 4.79 Å². The number of carbonyl (C=O) groups is 1. The molecule has 0 aliphatic carbocycles. The highest BCUT2D eigenvalue weighted by Crippen LogP contribution is 2.32. The molecular formula is C14H8BrClN2OS. The van der Waals surface area contributed by atoms with Crippen molar-refractivity contribution < 1.29 is 4.79 Å². The van der Waals surface area contributed by atoms with Crippen LogP contribution in [0.1, 0.15) is 10.4 Å². The molecule has 3 aromatic rings. The highest BCUT2D eigenvalue weighted by molar-refractivity contribution is 9.10. The topological polar surface area (TPSA) is 42.0 Å². The van der Waals surface area contributed by atoms with Crippen molar-refractivity contribution >= 4 is 60.7 Å². The zero-order chi connectivity index (χ0) is 14.1. The number of hydrogen-bond acceptors (Lipinski definition) is 3. The van der Waals surface area contributed by atoms with Crippen molar-refractivity contribution in [2.24, 2.45) is 0 Å². The first-order chi connectivity index (χ1) is 9.65. The zero-order valence-electron chi connectivity index (χ0n) is 10.1. The van der Waals surface area contributed by atoms with E-state index in [1.165, 1.54) is 11.3 Å². The molecule has 6 heteroatoms. The molecule has 0 saturated heterocycles. The third kappa shape index (κ3) is 2.57. The summed E-state index contributed by atoms with van der Waals surface area (Å²) in [7, 11) is 0. The van der Waals surface area contributed by atoms with Crippen LogP contribution in [0.5, 0.6) is 0 Å². The number of hydrogen-bond donors (Lipinski definition) is 1. The van der Waals surface area contributed by atoms with Gasteiger partial charge in [0, 0.05) is 10.0 Å². The molecule has 0 unspecified atom stereocenters. The second kappa shape index (κ2) is 5.52. The lowest BCUT2D eigenvalue weighted by molar-refractivity contribution is 0.102. The molecule has 3 rings (SSSR count).